The predicted octanol–water partition coefficient (Wildman–Crippen LogP) is 3.54. The summed E-state index contributed by atoms with van der Waals surface area (Å²) in [5.74, 6) is -0.515. The molecule has 29 heavy (non-hydrogen) atoms. The molecule has 1 amide bonds. The fourth-order valence-electron chi connectivity index (χ4n) is 3.75. The average Bonchev–Trinajstić information content (AvgIpc) is 3.43. The van der Waals surface area contributed by atoms with Crippen LogP contribution in [0.1, 0.15) is 49.1 Å². The Balaban J connectivity index is 1.62. The van der Waals surface area contributed by atoms with E-state index in [1.54, 1.807) is 38.3 Å². The molecule has 0 saturated carbocycles. The molecule has 4 aromatic heterocycles. The first-order valence-corrected chi connectivity index (χ1v) is 10.3. The Hall–Kier alpha value is -2.76. The number of oxazole rings is 1. The third-order valence-electron chi connectivity index (χ3n) is 5.10. The highest BCUT2D eigenvalue weighted by Gasteiger charge is 2.38. The first-order valence-electron chi connectivity index (χ1n) is 9.03. The van der Waals surface area contributed by atoms with Crippen molar-refractivity contribution < 1.29 is 13.6 Å². The number of halogens is 2. The van der Waals surface area contributed by atoms with Crippen molar-refractivity contribution in [1.29, 1.82) is 0 Å². The number of carbonyl (C=O) groups is 1. The minimum atomic E-state index is -1.44. The van der Waals surface area contributed by atoms with Crippen LogP contribution in [0.15, 0.2) is 41.5 Å². The number of nitrogens with zero attached hydrogens (tertiary/aromatic N) is 5. The topological polar surface area (TPSA) is 92.3 Å². The summed E-state index contributed by atoms with van der Waals surface area (Å²) in [6, 6.07) is 5.42. The van der Waals surface area contributed by atoms with Crippen molar-refractivity contribution in [2.75, 3.05) is 6.54 Å². The van der Waals surface area contributed by atoms with Crippen LogP contribution >= 0.6 is 22.6 Å². The number of rotatable bonds is 3. The summed E-state index contributed by atoms with van der Waals surface area (Å²) in [4.78, 5) is 26.4. The Morgan fingerprint density at radius 2 is 2.28 bits per heavy atom. The maximum Gasteiger partial charge on any atom is 0.292 e. The van der Waals surface area contributed by atoms with Gasteiger partial charge in [-0.25, -0.2) is 18.9 Å². The van der Waals surface area contributed by atoms with Crippen molar-refractivity contribution in [3.63, 3.8) is 0 Å². The number of aromatic nitrogens is 5. The number of alkyl halides is 2. The molecule has 5 rings (SSSR count). The molecule has 0 aromatic carbocycles. The van der Waals surface area contributed by atoms with Crippen LogP contribution in [0.5, 0.6) is 0 Å². The second-order valence-electron chi connectivity index (χ2n) is 6.93. The summed E-state index contributed by atoms with van der Waals surface area (Å²) < 4.78 is 19.5. The summed E-state index contributed by atoms with van der Waals surface area (Å²) in [6.45, 7) is 2.43. The Labute approximate surface area is 178 Å². The van der Waals surface area contributed by atoms with Gasteiger partial charge in [-0.3, -0.25) is 4.79 Å². The SMILES string of the molecule is Cc1ccn2nc([C@@H]3c4nc[nH]c4CCN3C(=O)c3ocnc3C(F)I)cc2c1. The molecule has 5 heterocycles. The minimum absolute atomic E-state index is 0.00667. The third kappa shape index (κ3) is 3.02. The van der Waals surface area contributed by atoms with E-state index in [0.29, 0.717) is 18.7 Å². The Kier molecular flexibility index (Phi) is 4.37. The van der Waals surface area contributed by atoms with Crippen LogP contribution in [0, 0.1) is 6.92 Å². The first-order chi connectivity index (χ1) is 14.0. The van der Waals surface area contributed by atoms with Gasteiger partial charge in [-0.05, 0) is 53.3 Å². The Morgan fingerprint density at radius 1 is 1.41 bits per heavy atom. The quantitative estimate of drug-likeness (QED) is 0.339. The van der Waals surface area contributed by atoms with Crippen molar-refractivity contribution >= 4 is 34.0 Å². The van der Waals surface area contributed by atoms with Crippen molar-refractivity contribution in [1.82, 2.24) is 29.5 Å². The van der Waals surface area contributed by atoms with Crippen molar-refractivity contribution in [3.05, 3.63) is 71.2 Å². The molecular weight excluding hydrogens is 490 g/mol. The van der Waals surface area contributed by atoms with Crippen LogP contribution in [0.2, 0.25) is 0 Å². The van der Waals surface area contributed by atoms with Gasteiger partial charge in [-0.15, -0.1) is 0 Å². The minimum Gasteiger partial charge on any atom is -0.438 e. The number of aromatic amines is 1. The molecule has 0 radical (unpaired) electrons. The maximum absolute atomic E-state index is 13.9. The number of imidazole rings is 1. The molecule has 2 atom stereocenters. The van der Waals surface area contributed by atoms with Gasteiger partial charge in [0, 0.05) is 24.9 Å². The normalized spacial score (nSPS) is 17.5. The zero-order valence-corrected chi connectivity index (χ0v) is 17.5. The fourth-order valence-corrected chi connectivity index (χ4v) is 4.20. The van der Waals surface area contributed by atoms with Crippen molar-refractivity contribution in [2.45, 2.75) is 23.6 Å². The number of aryl methyl sites for hydroxylation is 1. The molecule has 1 unspecified atom stereocenters. The molecule has 0 spiro atoms. The number of hydrogen-bond acceptors (Lipinski definition) is 5. The number of hydrogen-bond donors (Lipinski definition) is 1. The van der Waals surface area contributed by atoms with Crippen molar-refractivity contribution in [2.24, 2.45) is 0 Å². The zero-order valence-electron chi connectivity index (χ0n) is 15.3. The highest BCUT2D eigenvalue weighted by molar-refractivity contribution is 14.1. The highest BCUT2D eigenvalue weighted by atomic mass is 127. The lowest BCUT2D eigenvalue weighted by atomic mass is 9.99. The lowest BCUT2D eigenvalue weighted by molar-refractivity contribution is 0.0651. The maximum atomic E-state index is 13.9. The molecule has 1 N–H and O–H groups in total. The number of carbonyl (C=O) groups excluding carboxylic acids is 1. The van der Waals surface area contributed by atoms with Crippen LogP contribution in [-0.4, -0.2) is 41.9 Å². The first kappa shape index (κ1) is 18.3. The molecule has 0 fully saturated rings. The van der Waals surface area contributed by atoms with Crippen molar-refractivity contribution in [3.8, 4) is 0 Å². The zero-order chi connectivity index (χ0) is 20.1. The molecule has 0 aliphatic carbocycles. The highest BCUT2D eigenvalue weighted by Crippen LogP contribution is 2.36. The van der Waals surface area contributed by atoms with Gasteiger partial charge in [-0.2, -0.15) is 5.10 Å². The van der Waals surface area contributed by atoms with Crippen LogP contribution in [0.4, 0.5) is 4.39 Å². The van der Waals surface area contributed by atoms with Crippen LogP contribution in [0.25, 0.3) is 5.52 Å². The summed E-state index contributed by atoms with van der Waals surface area (Å²) in [7, 11) is 0. The molecular formula is C19H16FIN6O2. The lowest BCUT2D eigenvalue weighted by Gasteiger charge is -2.33. The van der Waals surface area contributed by atoms with Crippen LogP contribution in [0.3, 0.4) is 0 Å². The lowest BCUT2D eigenvalue weighted by Crippen LogP contribution is -2.41. The standard InChI is InChI=1S/C19H16FIN6O2/c1-10-2-5-27-11(6-10)7-13(25-27)16-14-12(22-8-23-14)3-4-26(16)19(28)17-15(18(20)21)24-9-29-17/h2,5-9,16,18H,3-4H2,1H3,(H,22,23)/t16-,18?/m1/s1. The number of amides is 1. The van der Waals surface area contributed by atoms with E-state index in [1.165, 1.54) is 0 Å². The largest absolute Gasteiger partial charge is 0.438 e. The van der Waals surface area contributed by atoms with Gasteiger partial charge in [-0.1, -0.05) is 0 Å². The van der Waals surface area contributed by atoms with E-state index in [9.17, 15) is 9.18 Å². The second-order valence-corrected chi connectivity index (χ2v) is 8.02. The Bertz CT molecular complexity index is 1210. The summed E-state index contributed by atoms with van der Waals surface area (Å²) in [5, 5.41) is 4.67. The molecule has 0 bridgehead atoms. The smallest absolute Gasteiger partial charge is 0.292 e. The monoisotopic (exact) mass is 506 g/mol. The molecule has 0 saturated heterocycles. The molecule has 1 aliphatic heterocycles. The predicted molar refractivity (Wildman–Crippen MR) is 109 cm³/mol. The molecule has 8 nitrogen and oxygen atoms in total. The van der Waals surface area contributed by atoms with Gasteiger partial charge < -0.3 is 14.3 Å². The number of fused-ring (bicyclic) bond motifs is 2. The van der Waals surface area contributed by atoms with Gasteiger partial charge in [0.05, 0.1) is 23.2 Å². The Morgan fingerprint density at radius 3 is 3.10 bits per heavy atom. The van der Waals surface area contributed by atoms with Crippen LogP contribution in [-0.2, 0) is 6.42 Å². The van der Waals surface area contributed by atoms with Gasteiger partial charge in [0.25, 0.3) is 5.91 Å². The average molecular weight is 506 g/mol. The molecule has 1 aliphatic rings. The summed E-state index contributed by atoms with van der Waals surface area (Å²) in [6.07, 6.45) is 5.21. The van der Waals surface area contributed by atoms with E-state index in [0.717, 1.165) is 28.9 Å². The third-order valence-corrected chi connectivity index (χ3v) is 5.69. The summed E-state index contributed by atoms with van der Waals surface area (Å²) in [5.41, 5.74) is 4.41. The second kappa shape index (κ2) is 6.94. The van der Waals surface area contributed by atoms with E-state index < -0.39 is 16.1 Å². The van der Waals surface area contributed by atoms with E-state index in [2.05, 4.69) is 20.1 Å². The number of H-pyrrole nitrogens is 1. The van der Waals surface area contributed by atoms with E-state index >= 15 is 0 Å². The molecule has 148 valence electrons. The molecule has 10 heteroatoms. The fraction of sp³-hybridized carbons (Fsp3) is 0.263. The van der Waals surface area contributed by atoms with Gasteiger partial charge in [0.2, 0.25) is 5.76 Å². The van der Waals surface area contributed by atoms with Gasteiger partial charge >= 0.3 is 0 Å². The van der Waals surface area contributed by atoms with E-state index in [1.807, 2.05) is 31.3 Å². The molecule has 4 aromatic rings. The summed E-state index contributed by atoms with van der Waals surface area (Å²) >= 11 is 1.57. The van der Waals surface area contributed by atoms with Gasteiger partial charge in [0.1, 0.15) is 11.7 Å². The number of nitrogens with one attached hydrogen (secondary N) is 1. The number of pyridine rings is 1. The van der Waals surface area contributed by atoms with E-state index in [-0.39, 0.29) is 11.5 Å². The van der Waals surface area contributed by atoms with Crippen LogP contribution < -0.4 is 0 Å². The van der Waals surface area contributed by atoms with E-state index in [4.69, 9.17) is 4.42 Å². The van der Waals surface area contributed by atoms with Gasteiger partial charge in [0.15, 0.2) is 10.6 Å².